The predicted octanol–water partition coefficient (Wildman–Crippen LogP) is -0.430. The molecular weight excluding hydrogens is 220 g/mol. The first-order chi connectivity index (χ1) is 8.22. The van der Waals surface area contributed by atoms with Crippen molar-refractivity contribution in [1.82, 2.24) is 20.4 Å². The van der Waals surface area contributed by atoms with Crippen molar-refractivity contribution in [1.29, 1.82) is 0 Å². The zero-order chi connectivity index (χ0) is 12.3. The van der Waals surface area contributed by atoms with Crippen LogP contribution in [0.15, 0.2) is 0 Å². The summed E-state index contributed by atoms with van der Waals surface area (Å²) in [6.07, 6.45) is 1.63. The van der Waals surface area contributed by atoms with E-state index in [1.165, 1.54) is 4.90 Å². The van der Waals surface area contributed by atoms with Gasteiger partial charge in [0.15, 0.2) is 0 Å². The van der Waals surface area contributed by atoms with Gasteiger partial charge in [0, 0.05) is 26.2 Å². The van der Waals surface area contributed by atoms with Crippen molar-refractivity contribution in [3.05, 3.63) is 0 Å². The fraction of sp³-hybridized carbons (Fsp3) is 0.818. The van der Waals surface area contributed by atoms with Crippen LogP contribution in [0, 0.1) is 0 Å². The minimum absolute atomic E-state index is 0.0737. The van der Waals surface area contributed by atoms with E-state index in [9.17, 15) is 9.59 Å². The Kier molecular flexibility index (Phi) is 3.96. The van der Waals surface area contributed by atoms with Gasteiger partial charge in [0.25, 0.3) is 5.91 Å². The van der Waals surface area contributed by atoms with Crippen molar-refractivity contribution in [2.45, 2.75) is 25.8 Å². The predicted molar refractivity (Wildman–Crippen MR) is 63.4 cm³/mol. The Bertz CT molecular complexity index is 302. The van der Waals surface area contributed by atoms with Crippen LogP contribution in [0.2, 0.25) is 0 Å². The molecule has 2 aliphatic rings. The number of urea groups is 1. The molecule has 17 heavy (non-hydrogen) atoms. The molecule has 2 aliphatic heterocycles. The number of nitrogens with one attached hydrogen (secondary N) is 2. The van der Waals surface area contributed by atoms with Crippen LogP contribution < -0.4 is 10.6 Å². The van der Waals surface area contributed by atoms with Gasteiger partial charge < -0.3 is 10.6 Å². The maximum atomic E-state index is 12.0. The SMILES string of the molecule is CCCC1NC(=O)N(CN2CCNCC2)C1=O. The quantitative estimate of drug-likeness (QED) is 0.655. The van der Waals surface area contributed by atoms with Gasteiger partial charge in [0.1, 0.15) is 6.04 Å². The Labute approximate surface area is 101 Å². The maximum Gasteiger partial charge on any atom is 0.325 e. The van der Waals surface area contributed by atoms with Crippen LogP contribution in [0.3, 0.4) is 0 Å². The highest BCUT2D eigenvalue weighted by atomic mass is 16.2. The highest BCUT2D eigenvalue weighted by Gasteiger charge is 2.37. The van der Waals surface area contributed by atoms with E-state index in [1.54, 1.807) is 0 Å². The lowest BCUT2D eigenvalue weighted by atomic mass is 10.2. The average molecular weight is 240 g/mol. The van der Waals surface area contributed by atoms with Gasteiger partial charge in [0.05, 0.1) is 6.67 Å². The zero-order valence-corrected chi connectivity index (χ0v) is 10.2. The first-order valence-electron chi connectivity index (χ1n) is 6.27. The van der Waals surface area contributed by atoms with Crippen molar-refractivity contribution in [2.75, 3.05) is 32.8 Å². The summed E-state index contributed by atoms with van der Waals surface area (Å²) in [6, 6.07) is -0.553. The smallest absolute Gasteiger partial charge is 0.325 e. The van der Waals surface area contributed by atoms with Crippen LogP contribution in [0.25, 0.3) is 0 Å². The largest absolute Gasteiger partial charge is 0.326 e. The highest BCUT2D eigenvalue weighted by Crippen LogP contribution is 2.11. The Morgan fingerprint density at radius 1 is 1.29 bits per heavy atom. The monoisotopic (exact) mass is 240 g/mol. The second-order valence-corrected chi connectivity index (χ2v) is 4.57. The van der Waals surface area contributed by atoms with Crippen LogP contribution in [-0.4, -0.2) is 60.6 Å². The van der Waals surface area contributed by atoms with Gasteiger partial charge in [-0.05, 0) is 6.42 Å². The third-order valence-corrected chi connectivity index (χ3v) is 3.24. The van der Waals surface area contributed by atoms with E-state index in [2.05, 4.69) is 15.5 Å². The lowest BCUT2D eigenvalue weighted by Crippen LogP contribution is -2.49. The summed E-state index contributed by atoms with van der Waals surface area (Å²) in [5.74, 6) is -0.0737. The van der Waals surface area contributed by atoms with Crippen molar-refractivity contribution >= 4 is 11.9 Å². The molecule has 0 aromatic carbocycles. The molecule has 6 heteroatoms. The van der Waals surface area contributed by atoms with Crippen molar-refractivity contribution in [3.8, 4) is 0 Å². The Morgan fingerprint density at radius 2 is 2.00 bits per heavy atom. The number of hydrogen-bond acceptors (Lipinski definition) is 4. The van der Waals surface area contributed by atoms with E-state index in [4.69, 9.17) is 0 Å². The summed E-state index contributed by atoms with van der Waals surface area (Å²) in [7, 11) is 0. The first kappa shape index (κ1) is 12.3. The molecule has 2 N–H and O–H groups in total. The molecule has 0 radical (unpaired) electrons. The lowest BCUT2D eigenvalue weighted by molar-refractivity contribution is -0.129. The van der Waals surface area contributed by atoms with Crippen LogP contribution in [0.5, 0.6) is 0 Å². The Balaban J connectivity index is 1.91. The molecule has 2 fully saturated rings. The van der Waals surface area contributed by atoms with E-state index in [0.29, 0.717) is 6.67 Å². The maximum absolute atomic E-state index is 12.0. The molecule has 2 saturated heterocycles. The summed E-state index contributed by atoms with van der Waals surface area (Å²) in [5.41, 5.74) is 0. The second kappa shape index (κ2) is 5.46. The van der Waals surface area contributed by atoms with Gasteiger partial charge in [-0.15, -0.1) is 0 Å². The molecule has 0 bridgehead atoms. The van der Waals surface area contributed by atoms with Crippen molar-refractivity contribution < 1.29 is 9.59 Å². The van der Waals surface area contributed by atoms with E-state index in [0.717, 1.165) is 39.0 Å². The molecule has 0 aliphatic carbocycles. The highest BCUT2D eigenvalue weighted by molar-refractivity contribution is 6.04. The average Bonchev–Trinajstić information content (AvgIpc) is 2.59. The first-order valence-corrected chi connectivity index (χ1v) is 6.27. The van der Waals surface area contributed by atoms with Gasteiger partial charge in [-0.3, -0.25) is 9.69 Å². The third-order valence-electron chi connectivity index (χ3n) is 3.24. The number of hydrogen-bond donors (Lipinski definition) is 2. The van der Waals surface area contributed by atoms with Crippen LogP contribution in [-0.2, 0) is 4.79 Å². The molecule has 2 rings (SSSR count). The molecule has 1 unspecified atom stereocenters. The molecule has 1 atom stereocenters. The van der Waals surface area contributed by atoms with Crippen LogP contribution in [0.4, 0.5) is 4.79 Å². The summed E-state index contributed by atoms with van der Waals surface area (Å²) >= 11 is 0. The minimum atomic E-state index is -0.310. The van der Waals surface area contributed by atoms with Crippen LogP contribution >= 0.6 is 0 Å². The number of piperazine rings is 1. The van der Waals surface area contributed by atoms with Gasteiger partial charge in [-0.25, -0.2) is 9.69 Å². The molecule has 2 heterocycles. The van der Waals surface area contributed by atoms with E-state index in [1.807, 2.05) is 6.92 Å². The number of carbonyl (C=O) groups excluding carboxylic acids is 2. The van der Waals surface area contributed by atoms with E-state index < -0.39 is 0 Å². The topological polar surface area (TPSA) is 64.7 Å². The van der Waals surface area contributed by atoms with Gasteiger partial charge in [0.2, 0.25) is 0 Å². The summed E-state index contributed by atoms with van der Waals surface area (Å²) < 4.78 is 0. The fourth-order valence-corrected chi connectivity index (χ4v) is 2.25. The van der Waals surface area contributed by atoms with Gasteiger partial charge >= 0.3 is 6.03 Å². The minimum Gasteiger partial charge on any atom is -0.326 e. The summed E-state index contributed by atoms with van der Waals surface area (Å²) in [4.78, 5) is 27.1. The normalized spacial score (nSPS) is 26.4. The standard InChI is InChI=1S/C11H20N4O2/c1-2-3-9-10(16)15(11(17)13-9)8-14-6-4-12-5-7-14/h9,12H,2-8H2,1H3,(H,13,17). The third kappa shape index (κ3) is 2.76. The molecule has 0 saturated carbocycles. The number of imide groups is 1. The number of amides is 3. The van der Waals surface area contributed by atoms with Crippen molar-refractivity contribution in [2.24, 2.45) is 0 Å². The molecule has 6 nitrogen and oxygen atoms in total. The molecular formula is C11H20N4O2. The van der Waals surface area contributed by atoms with E-state index >= 15 is 0 Å². The number of nitrogens with zero attached hydrogens (tertiary/aromatic N) is 2. The van der Waals surface area contributed by atoms with Gasteiger partial charge in [-0.1, -0.05) is 13.3 Å². The molecule has 0 spiro atoms. The molecule has 0 aromatic rings. The molecule has 0 aromatic heterocycles. The lowest BCUT2D eigenvalue weighted by Gasteiger charge is -2.29. The van der Waals surface area contributed by atoms with E-state index in [-0.39, 0.29) is 18.0 Å². The Hall–Kier alpha value is -1.14. The van der Waals surface area contributed by atoms with Crippen molar-refractivity contribution in [3.63, 3.8) is 0 Å². The Morgan fingerprint density at radius 3 is 2.65 bits per heavy atom. The summed E-state index contributed by atoms with van der Waals surface area (Å²) in [6.45, 7) is 6.04. The molecule has 3 amide bonds. The second-order valence-electron chi connectivity index (χ2n) is 4.57. The fourth-order valence-electron chi connectivity index (χ4n) is 2.25. The summed E-state index contributed by atoms with van der Waals surface area (Å²) in [5, 5.41) is 5.98. The number of rotatable bonds is 4. The van der Waals surface area contributed by atoms with Gasteiger partial charge in [-0.2, -0.15) is 0 Å². The zero-order valence-electron chi connectivity index (χ0n) is 10.2. The van der Waals surface area contributed by atoms with Crippen LogP contribution in [0.1, 0.15) is 19.8 Å². The molecule has 96 valence electrons. The number of carbonyl (C=O) groups is 2.